The molecule has 1 N–H and O–H groups in total. The van der Waals surface area contributed by atoms with E-state index in [-0.39, 0.29) is 17.9 Å². The van der Waals surface area contributed by atoms with Crippen molar-refractivity contribution in [1.29, 1.82) is 5.26 Å². The van der Waals surface area contributed by atoms with E-state index in [0.717, 1.165) is 21.0 Å². The second kappa shape index (κ2) is 9.45. The van der Waals surface area contributed by atoms with Crippen molar-refractivity contribution in [2.45, 2.75) is 25.2 Å². The van der Waals surface area contributed by atoms with Gasteiger partial charge in [0.25, 0.3) is 10.0 Å². The van der Waals surface area contributed by atoms with Crippen LogP contribution in [0.5, 0.6) is 0 Å². The van der Waals surface area contributed by atoms with Crippen LogP contribution in [0.2, 0.25) is 0 Å². The highest BCUT2D eigenvalue weighted by atomic mass is 32.2. The first-order valence-corrected chi connectivity index (χ1v) is 11.2. The van der Waals surface area contributed by atoms with E-state index in [1.54, 1.807) is 54.6 Å². The first-order chi connectivity index (χ1) is 14.8. The summed E-state index contributed by atoms with van der Waals surface area (Å²) in [7, 11) is -3.96. The van der Waals surface area contributed by atoms with Gasteiger partial charge in [0, 0.05) is 5.69 Å². The maximum Gasteiger partial charge on any atom is 0.264 e. The topological polar surface area (TPSA) is 90.3 Å². The number of sulfonamides is 1. The van der Waals surface area contributed by atoms with Gasteiger partial charge in [0.1, 0.15) is 6.54 Å². The van der Waals surface area contributed by atoms with E-state index < -0.39 is 15.9 Å². The Kier molecular flexibility index (Phi) is 6.73. The van der Waals surface area contributed by atoms with Gasteiger partial charge in [-0.3, -0.25) is 9.10 Å². The van der Waals surface area contributed by atoms with Gasteiger partial charge in [-0.05, 0) is 60.9 Å². The molecule has 0 aromatic heterocycles. The second-order valence-electron chi connectivity index (χ2n) is 7.12. The molecule has 0 aliphatic rings. The minimum atomic E-state index is -3.96. The number of anilines is 2. The van der Waals surface area contributed by atoms with Crippen LogP contribution < -0.4 is 9.62 Å². The Morgan fingerprint density at radius 3 is 2.29 bits per heavy atom. The van der Waals surface area contributed by atoms with E-state index >= 15 is 0 Å². The highest BCUT2D eigenvalue weighted by Gasteiger charge is 2.28. The predicted octanol–water partition coefficient (Wildman–Crippen LogP) is 4.20. The molecule has 0 spiro atoms. The molecule has 1 amide bonds. The summed E-state index contributed by atoms with van der Waals surface area (Å²) in [6.07, 6.45) is 0.282. The van der Waals surface area contributed by atoms with Gasteiger partial charge in [-0.1, -0.05) is 42.5 Å². The Balaban J connectivity index is 1.92. The number of rotatable bonds is 7. The first kappa shape index (κ1) is 22.1. The lowest BCUT2D eigenvalue weighted by Crippen LogP contribution is -2.38. The molecule has 0 radical (unpaired) electrons. The van der Waals surface area contributed by atoms with Crippen molar-refractivity contribution in [2.75, 3.05) is 16.2 Å². The molecular formula is C24H23N3O3S. The molecule has 158 valence electrons. The lowest BCUT2D eigenvalue weighted by atomic mass is 10.1. The minimum absolute atomic E-state index is 0.115. The van der Waals surface area contributed by atoms with Crippen LogP contribution >= 0.6 is 0 Å². The van der Waals surface area contributed by atoms with E-state index in [1.807, 2.05) is 19.9 Å². The van der Waals surface area contributed by atoms with Gasteiger partial charge in [0.2, 0.25) is 5.91 Å². The standard InChI is InChI=1S/C24H23N3O3S/c1-18-7-6-10-23(19(18)2)27(31(29,30)22-8-4-3-5-9-22)17-24(28)26-21-13-11-20(12-14-21)15-16-25/h3-14H,15,17H2,1-2H3,(H,26,28). The summed E-state index contributed by atoms with van der Waals surface area (Å²) in [5, 5.41) is 11.5. The van der Waals surface area contributed by atoms with Gasteiger partial charge >= 0.3 is 0 Å². The van der Waals surface area contributed by atoms with E-state index in [2.05, 4.69) is 11.4 Å². The van der Waals surface area contributed by atoms with Crippen molar-refractivity contribution in [2.24, 2.45) is 0 Å². The molecule has 0 heterocycles. The number of nitriles is 1. The van der Waals surface area contributed by atoms with Crippen molar-refractivity contribution in [1.82, 2.24) is 0 Å². The van der Waals surface area contributed by atoms with Crippen LogP contribution in [-0.2, 0) is 21.2 Å². The van der Waals surface area contributed by atoms with E-state index in [0.29, 0.717) is 11.4 Å². The predicted molar refractivity (Wildman–Crippen MR) is 121 cm³/mol. The number of amides is 1. The van der Waals surface area contributed by atoms with Gasteiger partial charge in [-0.2, -0.15) is 5.26 Å². The molecular weight excluding hydrogens is 410 g/mol. The minimum Gasteiger partial charge on any atom is -0.325 e. The third-order valence-corrected chi connectivity index (χ3v) is 6.76. The maximum atomic E-state index is 13.4. The molecule has 3 aromatic carbocycles. The molecule has 31 heavy (non-hydrogen) atoms. The average molecular weight is 434 g/mol. The normalized spacial score (nSPS) is 10.9. The number of benzene rings is 3. The first-order valence-electron chi connectivity index (χ1n) is 9.72. The summed E-state index contributed by atoms with van der Waals surface area (Å²) in [5.74, 6) is -0.464. The molecule has 6 nitrogen and oxygen atoms in total. The zero-order chi connectivity index (χ0) is 22.4. The number of carbonyl (C=O) groups excluding carboxylic acids is 1. The van der Waals surface area contributed by atoms with Crippen LogP contribution in [0.25, 0.3) is 0 Å². The van der Waals surface area contributed by atoms with Crippen LogP contribution in [0, 0.1) is 25.2 Å². The SMILES string of the molecule is Cc1cccc(N(CC(=O)Nc2ccc(CC#N)cc2)S(=O)(=O)c2ccccc2)c1C. The van der Waals surface area contributed by atoms with E-state index in [9.17, 15) is 13.2 Å². The number of hydrogen-bond acceptors (Lipinski definition) is 4. The summed E-state index contributed by atoms with van der Waals surface area (Å²) in [6, 6.07) is 22.4. The zero-order valence-corrected chi connectivity index (χ0v) is 18.2. The molecule has 0 atom stereocenters. The van der Waals surface area contributed by atoms with Crippen LogP contribution in [0.15, 0.2) is 77.7 Å². The fraction of sp³-hybridized carbons (Fsp3) is 0.167. The van der Waals surface area contributed by atoms with Gasteiger partial charge in [-0.15, -0.1) is 0 Å². The summed E-state index contributed by atoms with van der Waals surface area (Å²) < 4.78 is 28.0. The van der Waals surface area contributed by atoms with Crippen LogP contribution in [-0.4, -0.2) is 20.9 Å². The number of hydrogen-bond donors (Lipinski definition) is 1. The zero-order valence-electron chi connectivity index (χ0n) is 17.4. The molecule has 7 heteroatoms. The molecule has 0 saturated heterocycles. The number of carbonyl (C=O) groups is 1. The molecule has 0 bridgehead atoms. The summed E-state index contributed by atoms with van der Waals surface area (Å²) >= 11 is 0. The Morgan fingerprint density at radius 1 is 0.968 bits per heavy atom. The number of nitrogens with zero attached hydrogens (tertiary/aromatic N) is 2. The number of nitrogens with one attached hydrogen (secondary N) is 1. The Bertz CT molecular complexity index is 1220. The monoisotopic (exact) mass is 433 g/mol. The van der Waals surface area contributed by atoms with Gasteiger partial charge < -0.3 is 5.32 Å². The van der Waals surface area contributed by atoms with Crippen molar-refractivity contribution in [3.63, 3.8) is 0 Å². The van der Waals surface area contributed by atoms with Crippen molar-refractivity contribution < 1.29 is 13.2 Å². The fourth-order valence-corrected chi connectivity index (χ4v) is 4.65. The summed E-state index contributed by atoms with van der Waals surface area (Å²) in [5.41, 5.74) is 3.55. The summed E-state index contributed by atoms with van der Waals surface area (Å²) in [6.45, 7) is 3.36. The molecule has 0 unspecified atom stereocenters. The van der Waals surface area contributed by atoms with E-state index in [4.69, 9.17) is 5.26 Å². The largest absolute Gasteiger partial charge is 0.325 e. The molecule has 3 rings (SSSR count). The molecule has 0 fully saturated rings. The van der Waals surface area contributed by atoms with Crippen molar-refractivity contribution in [3.8, 4) is 6.07 Å². The lowest BCUT2D eigenvalue weighted by Gasteiger charge is -2.26. The van der Waals surface area contributed by atoms with Gasteiger partial charge in [-0.25, -0.2) is 8.42 Å². The Morgan fingerprint density at radius 2 is 1.65 bits per heavy atom. The quantitative estimate of drug-likeness (QED) is 0.604. The van der Waals surface area contributed by atoms with Crippen molar-refractivity contribution >= 4 is 27.3 Å². The molecule has 0 aliphatic heterocycles. The molecule has 0 saturated carbocycles. The smallest absolute Gasteiger partial charge is 0.264 e. The fourth-order valence-electron chi connectivity index (χ4n) is 3.15. The van der Waals surface area contributed by atoms with Gasteiger partial charge in [0.15, 0.2) is 0 Å². The van der Waals surface area contributed by atoms with Crippen LogP contribution in [0.3, 0.4) is 0 Å². The third kappa shape index (κ3) is 5.11. The highest BCUT2D eigenvalue weighted by molar-refractivity contribution is 7.92. The van der Waals surface area contributed by atoms with Crippen molar-refractivity contribution in [3.05, 3.63) is 89.5 Å². The second-order valence-corrected chi connectivity index (χ2v) is 8.99. The Hall–Kier alpha value is -3.63. The molecule has 3 aromatic rings. The highest BCUT2D eigenvalue weighted by Crippen LogP contribution is 2.28. The number of aryl methyl sites for hydroxylation is 1. The maximum absolute atomic E-state index is 13.4. The third-order valence-electron chi connectivity index (χ3n) is 4.98. The average Bonchev–Trinajstić information content (AvgIpc) is 2.76. The summed E-state index contributed by atoms with van der Waals surface area (Å²) in [4.78, 5) is 12.9. The van der Waals surface area contributed by atoms with E-state index in [1.165, 1.54) is 12.1 Å². The Labute approximate surface area is 182 Å². The van der Waals surface area contributed by atoms with Gasteiger partial charge in [0.05, 0.1) is 23.1 Å². The molecule has 0 aliphatic carbocycles. The van der Waals surface area contributed by atoms with Crippen LogP contribution in [0.4, 0.5) is 11.4 Å². The van der Waals surface area contributed by atoms with Crippen LogP contribution in [0.1, 0.15) is 16.7 Å². The lowest BCUT2D eigenvalue weighted by molar-refractivity contribution is -0.114.